The van der Waals surface area contributed by atoms with Gasteiger partial charge in [-0.15, -0.1) is 0 Å². The molecule has 0 saturated carbocycles. The summed E-state index contributed by atoms with van der Waals surface area (Å²) >= 11 is 0. The Kier molecular flexibility index (Phi) is 6.65. The summed E-state index contributed by atoms with van der Waals surface area (Å²) in [5, 5.41) is 5.57. The number of amides is 2. The fourth-order valence-corrected chi connectivity index (χ4v) is 4.45. The molecular formula is C25H29FN4O3. The number of nitrogens with one attached hydrogen (secondary N) is 2. The highest BCUT2D eigenvalue weighted by atomic mass is 19.1. The average Bonchev–Trinajstić information content (AvgIpc) is 2.81. The fraction of sp³-hybridized carbons (Fsp3) is 0.360. The van der Waals surface area contributed by atoms with E-state index in [4.69, 9.17) is 4.74 Å². The number of carbonyl (C=O) groups excluding carboxylic acids is 2. The number of carbonyl (C=O) groups is 2. The second-order valence-electron chi connectivity index (χ2n) is 8.45. The van der Waals surface area contributed by atoms with Gasteiger partial charge < -0.3 is 20.3 Å². The molecule has 0 radical (unpaired) electrons. The van der Waals surface area contributed by atoms with Gasteiger partial charge in [0.25, 0.3) is 0 Å². The Morgan fingerprint density at radius 1 is 1.09 bits per heavy atom. The number of halogens is 1. The molecule has 0 spiro atoms. The van der Waals surface area contributed by atoms with E-state index in [0.29, 0.717) is 23.4 Å². The lowest BCUT2D eigenvalue weighted by Crippen LogP contribution is -2.51. The number of piperazine rings is 1. The van der Waals surface area contributed by atoms with Crippen molar-refractivity contribution in [2.75, 3.05) is 44.7 Å². The summed E-state index contributed by atoms with van der Waals surface area (Å²) in [7, 11) is 1.31. The minimum absolute atomic E-state index is 0.334. The van der Waals surface area contributed by atoms with Crippen LogP contribution in [0.4, 0.5) is 14.9 Å². The van der Waals surface area contributed by atoms with Gasteiger partial charge in [0.2, 0.25) is 0 Å². The Labute approximate surface area is 193 Å². The minimum Gasteiger partial charge on any atom is -0.466 e. The second-order valence-corrected chi connectivity index (χ2v) is 8.45. The summed E-state index contributed by atoms with van der Waals surface area (Å²) in [6, 6.07) is 11.0. The summed E-state index contributed by atoms with van der Waals surface area (Å²) in [4.78, 5) is 29.7. The van der Waals surface area contributed by atoms with Gasteiger partial charge in [0.15, 0.2) is 0 Å². The van der Waals surface area contributed by atoms with E-state index in [-0.39, 0.29) is 5.82 Å². The Balaban J connectivity index is 1.54. The zero-order chi connectivity index (χ0) is 23.5. The zero-order valence-electron chi connectivity index (χ0n) is 19.2. The maximum atomic E-state index is 13.4. The quantitative estimate of drug-likeness (QED) is 0.683. The minimum atomic E-state index is -0.710. The van der Waals surface area contributed by atoms with E-state index >= 15 is 0 Å². The van der Waals surface area contributed by atoms with Crippen molar-refractivity contribution in [3.05, 3.63) is 76.2 Å². The maximum Gasteiger partial charge on any atom is 0.338 e. The molecule has 0 unspecified atom stereocenters. The lowest BCUT2D eigenvalue weighted by atomic mass is 9.95. The smallest absolute Gasteiger partial charge is 0.338 e. The number of urea groups is 1. The third kappa shape index (κ3) is 4.85. The second kappa shape index (κ2) is 9.62. The lowest BCUT2D eigenvalue weighted by Gasteiger charge is -2.38. The molecule has 174 valence electrons. The standard InChI is InChI=1S/C25H29FN4O3/c1-16-5-4-6-21(17(16)2)30-13-11-29(12-14-30)15-20-22(24(31)33-3)23(28-25(32)27-20)18-7-9-19(26)10-8-18/h4-10,23H,11-15H2,1-3H3,(H2,27,28,32)/t23-/m1/s1. The van der Waals surface area contributed by atoms with Gasteiger partial charge >= 0.3 is 12.0 Å². The highest BCUT2D eigenvalue weighted by molar-refractivity contribution is 5.95. The summed E-state index contributed by atoms with van der Waals surface area (Å²) in [5.74, 6) is -0.912. The van der Waals surface area contributed by atoms with Crippen LogP contribution in [0, 0.1) is 19.7 Å². The molecule has 1 saturated heterocycles. The molecule has 2 N–H and O–H groups in total. The molecule has 1 fully saturated rings. The van der Waals surface area contributed by atoms with Crippen LogP contribution in [-0.4, -0.2) is 56.7 Å². The molecule has 0 aromatic heterocycles. The summed E-state index contributed by atoms with van der Waals surface area (Å²) in [5.41, 5.74) is 5.27. The highest BCUT2D eigenvalue weighted by Crippen LogP contribution is 2.29. The first-order valence-corrected chi connectivity index (χ1v) is 11.0. The molecule has 1 atom stereocenters. The molecule has 4 rings (SSSR count). The van der Waals surface area contributed by atoms with Gasteiger partial charge in [0, 0.05) is 44.1 Å². The van der Waals surface area contributed by atoms with Crippen molar-refractivity contribution in [2.24, 2.45) is 0 Å². The van der Waals surface area contributed by atoms with Gasteiger partial charge in [-0.2, -0.15) is 0 Å². The van der Waals surface area contributed by atoms with Gasteiger partial charge in [0.05, 0.1) is 18.7 Å². The zero-order valence-corrected chi connectivity index (χ0v) is 19.2. The van der Waals surface area contributed by atoms with E-state index in [0.717, 1.165) is 26.2 Å². The average molecular weight is 453 g/mol. The van der Waals surface area contributed by atoms with Crippen molar-refractivity contribution >= 4 is 17.7 Å². The van der Waals surface area contributed by atoms with Crippen molar-refractivity contribution in [1.29, 1.82) is 0 Å². The van der Waals surface area contributed by atoms with Crippen LogP contribution >= 0.6 is 0 Å². The molecule has 2 heterocycles. The molecule has 2 aromatic carbocycles. The van der Waals surface area contributed by atoms with E-state index in [9.17, 15) is 14.0 Å². The lowest BCUT2D eigenvalue weighted by molar-refractivity contribution is -0.136. The van der Waals surface area contributed by atoms with Crippen LogP contribution in [0.15, 0.2) is 53.7 Å². The fourth-order valence-electron chi connectivity index (χ4n) is 4.45. The van der Waals surface area contributed by atoms with Crippen LogP contribution in [0.1, 0.15) is 22.7 Å². The first kappa shape index (κ1) is 22.8. The van der Waals surface area contributed by atoms with Gasteiger partial charge in [-0.25, -0.2) is 14.0 Å². The molecule has 0 bridgehead atoms. The number of rotatable bonds is 5. The van der Waals surface area contributed by atoms with E-state index in [1.807, 2.05) is 0 Å². The molecule has 33 heavy (non-hydrogen) atoms. The van der Waals surface area contributed by atoms with Crippen molar-refractivity contribution in [3.8, 4) is 0 Å². The van der Waals surface area contributed by atoms with Crippen LogP contribution < -0.4 is 15.5 Å². The third-order valence-corrected chi connectivity index (χ3v) is 6.43. The molecular weight excluding hydrogens is 423 g/mol. The summed E-state index contributed by atoms with van der Waals surface area (Å²) < 4.78 is 18.5. The SMILES string of the molecule is COC(=O)C1=C(CN2CCN(c3cccc(C)c3C)CC2)NC(=O)N[C@@H]1c1ccc(F)cc1. The molecule has 8 heteroatoms. The van der Waals surface area contributed by atoms with Crippen LogP contribution in [-0.2, 0) is 9.53 Å². The van der Waals surface area contributed by atoms with Crippen molar-refractivity contribution in [1.82, 2.24) is 15.5 Å². The highest BCUT2D eigenvalue weighted by Gasteiger charge is 2.34. The van der Waals surface area contributed by atoms with Crippen molar-refractivity contribution in [3.63, 3.8) is 0 Å². The van der Waals surface area contributed by atoms with Gasteiger partial charge in [-0.05, 0) is 48.7 Å². The third-order valence-electron chi connectivity index (χ3n) is 6.43. The monoisotopic (exact) mass is 452 g/mol. The largest absolute Gasteiger partial charge is 0.466 e. The van der Waals surface area contributed by atoms with E-state index in [1.54, 1.807) is 12.1 Å². The number of aryl methyl sites for hydroxylation is 1. The van der Waals surface area contributed by atoms with Gasteiger partial charge in [0.1, 0.15) is 5.82 Å². The summed E-state index contributed by atoms with van der Waals surface area (Å²) in [6.07, 6.45) is 0. The number of methoxy groups -OCH3 is 1. The molecule has 0 aliphatic carbocycles. The summed E-state index contributed by atoms with van der Waals surface area (Å²) in [6.45, 7) is 7.94. The van der Waals surface area contributed by atoms with Gasteiger partial charge in [-0.1, -0.05) is 24.3 Å². The van der Waals surface area contributed by atoms with Crippen LogP contribution in [0.3, 0.4) is 0 Å². The van der Waals surface area contributed by atoms with Crippen LogP contribution in [0.25, 0.3) is 0 Å². The topological polar surface area (TPSA) is 73.9 Å². The molecule has 2 aliphatic heterocycles. The predicted octanol–water partition coefficient (Wildman–Crippen LogP) is 3.05. The van der Waals surface area contributed by atoms with Crippen LogP contribution in [0.2, 0.25) is 0 Å². The Morgan fingerprint density at radius 2 is 1.79 bits per heavy atom. The Hall–Kier alpha value is -3.39. The van der Waals surface area contributed by atoms with E-state index < -0.39 is 18.0 Å². The molecule has 2 aliphatic rings. The Bertz CT molecular complexity index is 1080. The predicted molar refractivity (Wildman–Crippen MR) is 124 cm³/mol. The molecule has 2 aromatic rings. The number of benzene rings is 2. The number of hydrogen-bond donors (Lipinski definition) is 2. The van der Waals surface area contributed by atoms with Crippen LogP contribution in [0.5, 0.6) is 0 Å². The van der Waals surface area contributed by atoms with E-state index in [2.05, 4.69) is 52.5 Å². The first-order valence-electron chi connectivity index (χ1n) is 11.0. The van der Waals surface area contributed by atoms with Crippen molar-refractivity contribution in [2.45, 2.75) is 19.9 Å². The molecule has 7 nitrogen and oxygen atoms in total. The number of anilines is 1. The molecule has 2 amide bonds. The number of esters is 1. The Morgan fingerprint density at radius 3 is 2.45 bits per heavy atom. The number of nitrogens with zero attached hydrogens (tertiary/aromatic N) is 2. The van der Waals surface area contributed by atoms with Gasteiger partial charge in [-0.3, -0.25) is 4.90 Å². The normalized spacial score (nSPS) is 19.2. The number of ether oxygens (including phenoxy) is 1. The maximum absolute atomic E-state index is 13.4. The van der Waals surface area contributed by atoms with E-state index in [1.165, 1.54) is 36.1 Å². The van der Waals surface area contributed by atoms with Crippen molar-refractivity contribution < 1.29 is 18.7 Å². The first-order chi connectivity index (χ1) is 15.9. The number of hydrogen-bond acceptors (Lipinski definition) is 5.